The number of imidazole rings is 1. The summed E-state index contributed by atoms with van der Waals surface area (Å²) < 4.78 is 42.5. The molecule has 1 unspecified atom stereocenters. The largest absolute Gasteiger partial charge is 0.416 e. The van der Waals surface area contributed by atoms with Crippen molar-refractivity contribution in [2.75, 3.05) is 11.9 Å². The number of halogens is 3. The van der Waals surface area contributed by atoms with E-state index in [1.54, 1.807) is 17.1 Å². The molecule has 0 aliphatic carbocycles. The first-order valence-corrected chi connectivity index (χ1v) is 13.1. The molecule has 0 fully saturated rings. The van der Waals surface area contributed by atoms with E-state index in [0.717, 1.165) is 48.6 Å². The first kappa shape index (κ1) is 26.7. The molecule has 1 aliphatic heterocycles. The lowest BCUT2D eigenvalue weighted by Gasteiger charge is -2.29. The highest BCUT2D eigenvalue weighted by atomic mass is 19.4. The predicted molar refractivity (Wildman–Crippen MR) is 144 cm³/mol. The topological polar surface area (TPSA) is 68.0 Å². The van der Waals surface area contributed by atoms with Crippen LogP contribution >= 0.6 is 0 Å². The molecular weight excluding hydrogens is 505 g/mol. The summed E-state index contributed by atoms with van der Waals surface area (Å²) in [5, 5.41) is 3.28. The van der Waals surface area contributed by atoms with Gasteiger partial charge < -0.3 is 9.88 Å². The van der Waals surface area contributed by atoms with E-state index in [9.17, 15) is 18.0 Å². The Kier molecular flexibility index (Phi) is 7.56. The van der Waals surface area contributed by atoms with Crippen molar-refractivity contribution in [2.45, 2.75) is 58.5 Å². The Morgan fingerprint density at radius 3 is 2.46 bits per heavy atom. The number of fused-ring (bicyclic) bond motifs is 1. The van der Waals surface area contributed by atoms with Gasteiger partial charge >= 0.3 is 6.18 Å². The number of nitrogens with one attached hydrogen (secondary N) is 1. The predicted octanol–water partition coefficient (Wildman–Crippen LogP) is 5.59. The highest BCUT2D eigenvalue weighted by Crippen LogP contribution is 2.30. The lowest BCUT2D eigenvalue weighted by molar-refractivity contribution is -0.137. The van der Waals surface area contributed by atoms with Gasteiger partial charge in [-0.25, -0.2) is 9.97 Å². The second kappa shape index (κ2) is 11.1. The number of anilines is 1. The van der Waals surface area contributed by atoms with Crippen LogP contribution in [0.3, 0.4) is 0 Å². The molecule has 2 aromatic carbocycles. The Bertz CT molecular complexity index is 1460. The monoisotopic (exact) mass is 536 g/mol. The summed E-state index contributed by atoms with van der Waals surface area (Å²) in [6.07, 6.45) is 2.42. The number of benzene rings is 2. The van der Waals surface area contributed by atoms with Crippen LogP contribution in [0.15, 0.2) is 72.0 Å². The van der Waals surface area contributed by atoms with Gasteiger partial charge in [0.1, 0.15) is 0 Å². The van der Waals surface area contributed by atoms with Crippen LogP contribution < -0.4 is 10.9 Å². The summed E-state index contributed by atoms with van der Waals surface area (Å²) in [6.45, 7) is 6.36. The molecular formula is C29H31F3N6O. The maximum absolute atomic E-state index is 13.6. The molecule has 10 heteroatoms. The molecule has 0 radical (unpaired) electrons. The van der Waals surface area contributed by atoms with E-state index in [1.807, 2.05) is 24.6 Å². The van der Waals surface area contributed by atoms with Crippen LogP contribution in [0.25, 0.3) is 5.69 Å². The van der Waals surface area contributed by atoms with Gasteiger partial charge in [0.2, 0.25) is 5.95 Å². The molecule has 0 bridgehead atoms. The third-order valence-corrected chi connectivity index (χ3v) is 7.07. The van der Waals surface area contributed by atoms with Gasteiger partial charge in [0.05, 0.1) is 29.2 Å². The fourth-order valence-corrected chi connectivity index (χ4v) is 4.93. The Labute approximate surface area is 225 Å². The van der Waals surface area contributed by atoms with Crippen LogP contribution in [0, 0.1) is 0 Å². The van der Waals surface area contributed by atoms with Crippen molar-refractivity contribution >= 4 is 5.95 Å². The molecule has 3 heterocycles. The van der Waals surface area contributed by atoms with Crippen LogP contribution in [-0.4, -0.2) is 30.5 Å². The van der Waals surface area contributed by atoms with Crippen LogP contribution in [0.5, 0.6) is 0 Å². The summed E-state index contributed by atoms with van der Waals surface area (Å²) in [5.74, 6) is 0.455. The molecule has 1 atom stereocenters. The zero-order valence-electron chi connectivity index (χ0n) is 21.9. The fourth-order valence-electron chi connectivity index (χ4n) is 4.93. The molecule has 7 nitrogen and oxygen atoms in total. The molecule has 0 saturated heterocycles. The van der Waals surface area contributed by atoms with Crippen LogP contribution in [0.1, 0.15) is 54.3 Å². The smallest absolute Gasteiger partial charge is 0.349 e. The highest BCUT2D eigenvalue weighted by molar-refractivity contribution is 5.38. The van der Waals surface area contributed by atoms with E-state index >= 15 is 0 Å². The van der Waals surface area contributed by atoms with Crippen LogP contribution in [0.4, 0.5) is 19.1 Å². The maximum atomic E-state index is 13.6. The second-order valence-electron chi connectivity index (χ2n) is 9.90. The van der Waals surface area contributed by atoms with E-state index in [0.29, 0.717) is 36.6 Å². The van der Waals surface area contributed by atoms with Gasteiger partial charge in [-0.05, 0) is 48.7 Å². The van der Waals surface area contributed by atoms with E-state index in [2.05, 4.69) is 39.5 Å². The third kappa shape index (κ3) is 5.90. The van der Waals surface area contributed by atoms with Gasteiger partial charge in [-0.1, -0.05) is 31.2 Å². The van der Waals surface area contributed by atoms with Crippen molar-refractivity contribution in [2.24, 2.45) is 0 Å². The standard InChI is InChI=1S/C29H31F3N6O/c1-3-14-38-27(39)25-18-36(17-21-4-10-24(11-5-21)37-16-13-33-19-37)15-12-26(25)35-28(38)34-20(2)22-6-8-23(9-7-22)29(30,31)32/h4-11,13,16,19-20H,3,12,14-15,17-18H2,1-2H3,(H,34,35). The summed E-state index contributed by atoms with van der Waals surface area (Å²) in [7, 11) is 0. The summed E-state index contributed by atoms with van der Waals surface area (Å²) in [6, 6.07) is 13.0. The fraction of sp³-hybridized carbons (Fsp3) is 0.345. The SMILES string of the molecule is CCCn1c(NC(C)c2ccc(C(F)(F)F)cc2)nc2c(c1=O)CN(Cc1ccc(-n3ccnc3)cc1)CC2. The van der Waals surface area contributed by atoms with Crippen molar-refractivity contribution in [3.63, 3.8) is 0 Å². The molecule has 39 heavy (non-hydrogen) atoms. The zero-order valence-corrected chi connectivity index (χ0v) is 21.9. The van der Waals surface area contributed by atoms with E-state index in [1.165, 1.54) is 12.1 Å². The molecule has 204 valence electrons. The molecule has 5 rings (SSSR count). The molecule has 0 spiro atoms. The van der Waals surface area contributed by atoms with Gasteiger partial charge in [-0.2, -0.15) is 13.2 Å². The van der Waals surface area contributed by atoms with Crippen LogP contribution in [0.2, 0.25) is 0 Å². The van der Waals surface area contributed by atoms with Crippen molar-refractivity contribution in [3.05, 3.63) is 106 Å². The summed E-state index contributed by atoms with van der Waals surface area (Å²) in [5.41, 5.74) is 3.61. The third-order valence-electron chi connectivity index (χ3n) is 7.07. The van der Waals surface area contributed by atoms with Crippen molar-refractivity contribution in [1.82, 2.24) is 24.0 Å². The summed E-state index contributed by atoms with van der Waals surface area (Å²) in [4.78, 5) is 24.8. The molecule has 1 N–H and O–H groups in total. The summed E-state index contributed by atoms with van der Waals surface area (Å²) >= 11 is 0. The highest BCUT2D eigenvalue weighted by Gasteiger charge is 2.30. The van der Waals surface area contributed by atoms with E-state index < -0.39 is 11.7 Å². The average molecular weight is 537 g/mol. The Morgan fingerprint density at radius 2 is 1.82 bits per heavy atom. The average Bonchev–Trinajstić information content (AvgIpc) is 3.46. The van der Waals surface area contributed by atoms with Gasteiger partial charge in [0, 0.05) is 50.7 Å². The zero-order chi connectivity index (χ0) is 27.6. The van der Waals surface area contributed by atoms with Crippen molar-refractivity contribution in [3.8, 4) is 5.69 Å². The minimum absolute atomic E-state index is 0.0656. The molecule has 4 aromatic rings. The lowest BCUT2D eigenvalue weighted by atomic mass is 10.0. The number of hydrogen-bond donors (Lipinski definition) is 1. The Hall–Kier alpha value is -3.92. The van der Waals surface area contributed by atoms with Crippen molar-refractivity contribution < 1.29 is 13.2 Å². The first-order chi connectivity index (χ1) is 18.7. The maximum Gasteiger partial charge on any atom is 0.416 e. The van der Waals surface area contributed by atoms with Gasteiger partial charge in [0.25, 0.3) is 5.56 Å². The second-order valence-corrected chi connectivity index (χ2v) is 9.90. The number of alkyl halides is 3. The number of nitrogens with zero attached hydrogens (tertiary/aromatic N) is 5. The number of hydrogen-bond acceptors (Lipinski definition) is 5. The number of rotatable bonds is 8. The van der Waals surface area contributed by atoms with Crippen molar-refractivity contribution in [1.29, 1.82) is 0 Å². The van der Waals surface area contributed by atoms with Gasteiger partial charge in [-0.3, -0.25) is 14.3 Å². The molecule has 1 aliphatic rings. The number of aromatic nitrogens is 4. The lowest BCUT2D eigenvalue weighted by Crippen LogP contribution is -2.38. The normalized spacial score (nSPS) is 14.7. The first-order valence-electron chi connectivity index (χ1n) is 13.1. The minimum atomic E-state index is -4.38. The Morgan fingerprint density at radius 1 is 1.08 bits per heavy atom. The van der Waals surface area contributed by atoms with Gasteiger partial charge in [0.15, 0.2) is 0 Å². The van der Waals surface area contributed by atoms with E-state index in [-0.39, 0.29) is 11.6 Å². The molecule has 0 amide bonds. The van der Waals surface area contributed by atoms with Crippen LogP contribution in [-0.2, 0) is 32.2 Å². The van der Waals surface area contributed by atoms with Gasteiger partial charge in [-0.15, -0.1) is 0 Å². The molecule has 2 aromatic heterocycles. The molecule has 0 saturated carbocycles. The van der Waals surface area contributed by atoms with E-state index in [4.69, 9.17) is 4.98 Å². The quantitative estimate of drug-likeness (QED) is 0.318. The minimum Gasteiger partial charge on any atom is -0.349 e. The Balaban J connectivity index is 1.33.